The lowest BCUT2D eigenvalue weighted by Gasteiger charge is -2.18. The number of hydrazine groups is 1. The Balaban J connectivity index is 2.17. The summed E-state index contributed by atoms with van der Waals surface area (Å²) in [7, 11) is 0. The molecule has 2 aromatic carbocycles. The van der Waals surface area contributed by atoms with E-state index < -0.39 is 17.7 Å². The van der Waals surface area contributed by atoms with E-state index in [9.17, 15) is 8.78 Å². The van der Waals surface area contributed by atoms with Crippen LogP contribution < -0.4 is 11.3 Å². The van der Waals surface area contributed by atoms with Crippen LogP contribution in [0.15, 0.2) is 45.8 Å². The molecule has 2 aromatic rings. The van der Waals surface area contributed by atoms with Crippen molar-refractivity contribution in [3.05, 3.63) is 63.6 Å². The van der Waals surface area contributed by atoms with Crippen LogP contribution in [-0.4, -0.2) is 5.75 Å². The second kappa shape index (κ2) is 7.35. The molecule has 0 amide bonds. The Hall–Kier alpha value is -0.950. The molecule has 1 atom stereocenters. The molecular weight excluding hydrogens is 358 g/mol. The van der Waals surface area contributed by atoms with Crippen LogP contribution in [0.1, 0.15) is 17.2 Å². The highest BCUT2D eigenvalue weighted by atomic mass is 79.9. The van der Waals surface area contributed by atoms with Crippen LogP contribution in [0.5, 0.6) is 0 Å². The topological polar surface area (TPSA) is 38.0 Å². The molecule has 0 heterocycles. The molecule has 112 valence electrons. The molecule has 6 heteroatoms. The van der Waals surface area contributed by atoms with Gasteiger partial charge in [-0.1, -0.05) is 22.0 Å². The van der Waals surface area contributed by atoms with E-state index in [1.54, 1.807) is 6.92 Å². The van der Waals surface area contributed by atoms with Crippen molar-refractivity contribution < 1.29 is 8.78 Å². The molecule has 3 N–H and O–H groups in total. The highest BCUT2D eigenvalue weighted by molar-refractivity contribution is 9.10. The molecule has 21 heavy (non-hydrogen) atoms. The van der Waals surface area contributed by atoms with Crippen molar-refractivity contribution in [2.45, 2.75) is 17.9 Å². The predicted octanol–water partition coefficient (Wildman–Crippen LogP) is 4.33. The monoisotopic (exact) mass is 372 g/mol. The van der Waals surface area contributed by atoms with E-state index in [0.29, 0.717) is 11.3 Å². The van der Waals surface area contributed by atoms with Crippen molar-refractivity contribution in [3.63, 3.8) is 0 Å². The quantitative estimate of drug-likeness (QED) is 0.465. The number of hydrogen-bond acceptors (Lipinski definition) is 3. The number of halogens is 3. The minimum absolute atomic E-state index is 0.0119. The molecule has 0 saturated carbocycles. The van der Waals surface area contributed by atoms with Crippen LogP contribution in [0, 0.1) is 18.6 Å². The number of nitrogens with two attached hydrogens (primary N) is 1. The second-order valence-corrected chi connectivity index (χ2v) is 6.59. The van der Waals surface area contributed by atoms with Gasteiger partial charge in [0.2, 0.25) is 0 Å². The van der Waals surface area contributed by atoms with Gasteiger partial charge >= 0.3 is 0 Å². The first-order valence-corrected chi connectivity index (χ1v) is 8.09. The van der Waals surface area contributed by atoms with Crippen molar-refractivity contribution in [1.29, 1.82) is 0 Å². The number of nitrogens with one attached hydrogen (secondary N) is 1. The lowest BCUT2D eigenvalue weighted by Crippen LogP contribution is -2.31. The van der Waals surface area contributed by atoms with Gasteiger partial charge in [-0.3, -0.25) is 11.3 Å². The summed E-state index contributed by atoms with van der Waals surface area (Å²) in [5.41, 5.74) is 2.89. The van der Waals surface area contributed by atoms with Crippen LogP contribution >= 0.6 is 27.7 Å². The Bertz CT molecular complexity index is 620. The van der Waals surface area contributed by atoms with Gasteiger partial charge in [-0.2, -0.15) is 0 Å². The maximum absolute atomic E-state index is 14.1. The Labute approximate surface area is 135 Å². The smallest absolute Gasteiger partial charge is 0.133 e. The van der Waals surface area contributed by atoms with Crippen LogP contribution in [0.4, 0.5) is 8.78 Å². The third kappa shape index (κ3) is 4.03. The first-order valence-electron chi connectivity index (χ1n) is 6.32. The van der Waals surface area contributed by atoms with E-state index in [-0.39, 0.29) is 5.56 Å². The van der Waals surface area contributed by atoms with Crippen molar-refractivity contribution in [2.24, 2.45) is 5.84 Å². The normalized spacial score (nSPS) is 12.4. The predicted molar refractivity (Wildman–Crippen MR) is 86.0 cm³/mol. The number of benzene rings is 2. The van der Waals surface area contributed by atoms with E-state index >= 15 is 0 Å². The third-order valence-corrected chi connectivity index (χ3v) is 4.73. The summed E-state index contributed by atoms with van der Waals surface area (Å²) in [6.07, 6.45) is 0. The van der Waals surface area contributed by atoms with Crippen LogP contribution in [0.2, 0.25) is 0 Å². The number of rotatable bonds is 5. The van der Waals surface area contributed by atoms with E-state index in [0.717, 1.165) is 9.37 Å². The Kier molecular flexibility index (Phi) is 5.75. The van der Waals surface area contributed by atoms with Crippen molar-refractivity contribution in [2.75, 3.05) is 5.75 Å². The molecule has 0 saturated heterocycles. The molecule has 0 spiro atoms. The molecule has 0 aromatic heterocycles. The molecule has 2 nitrogen and oxygen atoms in total. The molecular formula is C15H15BrF2N2S. The van der Waals surface area contributed by atoms with Crippen LogP contribution in [-0.2, 0) is 0 Å². The molecule has 0 aliphatic rings. The highest BCUT2D eigenvalue weighted by Gasteiger charge is 2.20. The molecule has 2 rings (SSSR count). The Morgan fingerprint density at radius 1 is 1.19 bits per heavy atom. The minimum atomic E-state index is -0.599. The van der Waals surface area contributed by atoms with Gasteiger partial charge in [0.05, 0.1) is 6.04 Å². The van der Waals surface area contributed by atoms with Gasteiger partial charge in [-0.25, -0.2) is 8.78 Å². The van der Waals surface area contributed by atoms with Gasteiger partial charge in [0.15, 0.2) is 0 Å². The first-order chi connectivity index (χ1) is 10.0. The minimum Gasteiger partial charge on any atom is -0.271 e. The Morgan fingerprint density at radius 3 is 2.48 bits per heavy atom. The van der Waals surface area contributed by atoms with Crippen molar-refractivity contribution >= 4 is 27.7 Å². The maximum Gasteiger partial charge on any atom is 0.133 e. The molecule has 0 bridgehead atoms. The third-order valence-electron chi connectivity index (χ3n) is 3.10. The standard InChI is InChI=1S/C15H15BrF2N2S/c1-9-2-7-12(17)14(15(9)18)13(20-19)8-21-11-5-3-10(16)4-6-11/h2-7,13,20H,8,19H2,1H3. The maximum atomic E-state index is 14.1. The first kappa shape index (κ1) is 16.4. The van der Waals surface area contributed by atoms with Gasteiger partial charge in [0.25, 0.3) is 0 Å². The summed E-state index contributed by atoms with van der Waals surface area (Å²) in [6, 6.07) is 9.79. The summed E-state index contributed by atoms with van der Waals surface area (Å²) in [5.74, 6) is 4.77. The SMILES string of the molecule is Cc1ccc(F)c(C(CSc2ccc(Br)cc2)NN)c1F. The average molecular weight is 373 g/mol. The van der Waals surface area contributed by atoms with Crippen LogP contribution in [0.25, 0.3) is 0 Å². The summed E-state index contributed by atoms with van der Waals surface area (Å²) in [6.45, 7) is 1.60. The zero-order chi connectivity index (χ0) is 15.4. The fourth-order valence-electron chi connectivity index (χ4n) is 1.92. The van der Waals surface area contributed by atoms with E-state index in [1.165, 1.54) is 23.9 Å². The fraction of sp³-hybridized carbons (Fsp3) is 0.200. The van der Waals surface area contributed by atoms with Gasteiger partial charge in [-0.15, -0.1) is 11.8 Å². The molecule has 0 fully saturated rings. The lowest BCUT2D eigenvalue weighted by molar-refractivity contribution is 0.496. The van der Waals surface area contributed by atoms with Gasteiger partial charge < -0.3 is 0 Å². The lowest BCUT2D eigenvalue weighted by atomic mass is 10.0. The van der Waals surface area contributed by atoms with Crippen LogP contribution in [0.3, 0.4) is 0 Å². The molecule has 0 aliphatic heterocycles. The van der Waals surface area contributed by atoms with E-state index in [2.05, 4.69) is 21.4 Å². The summed E-state index contributed by atoms with van der Waals surface area (Å²) >= 11 is 4.85. The number of thioether (sulfide) groups is 1. The van der Waals surface area contributed by atoms with Crippen molar-refractivity contribution in [3.8, 4) is 0 Å². The highest BCUT2D eigenvalue weighted by Crippen LogP contribution is 2.29. The van der Waals surface area contributed by atoms with Crippen molar-refractivity contribution in [1.82, 2.24) is 5.43 Å². The fourth-order valence-corrected chi connectivity index (χ4v) is 3.14. The summed E-state index contributed by atoms with van der Waals surface area (Å²) in [5, 5.41) is 0. The molecule has 1 unspecified atom stereocenters. The van der Waals surface area contributed by atoms with E-state index in [4.69, 9.17) is 5.84 Å². The molecule has 0 aliphatic carbocycles. The summed E-state index contributed by atoms with van der Waals surface area (Å²) in [4.78, 5) is 1.01. The average Bonchev–Trinajstić information content (AvgIpc) is 2.48. The zero-order valence-electron chi connectivity index (χ0n) is 11.4. The Morgan fingerprint density at radius 2 is 1.86 bits per heavy atom. The summed E-state index contributed by atoms with van der Waals surface area (Å²) < 4.78 is 29.0. The van der Waals surface area contributed by atoms with Gasteiger partial charge in [0, 0.05) is 20.7 Å². The van der Waals surface area contributed by atoms with E-state index in [1.807, 2.05) is 24.3 Å². The van der Waals surface area contributed by atoms with Gasteiger partial charge in [-0.05, 0) is 42.8 Å². The number of aryl methyl sites for hydroxylation is 1. The molecule has 0 radical (unpaired) electrons. The second-order valence-electron chi connectivity index (χ2n) is 4.58. The number of hydrogen-bond donors (Lipinski definition) is 2. The largest absolute Gasteiger partial charge is 0.271 e. The van der Waals surface area contributed by atoms with Gasteiger partial charge in [0.1, 0.15) is 11.6 Å². The zero-order valence-corrected chi connectivity index (χ0v) is 13.8.